The normalized spacial score (nSPS) is 11.4. The van der Waals surface area contributed by atoms with Crippen LogP contribution in [0.25, 0.3) is 0 Å². The summed E-state index contributed by atoms with van der Waals surface area (Å²) in [5, 5.41) is 11.8. The number of carbonyl (C=O) groups is 2. The number of hydrogen-bond acceptors (Lipinski definition) is 5. The van der Waals surface area contributed by atoms with Crippen LogP contribution in [-0.4, -0.2) is 25.1 Å². The molecule has 1 N–H and O–H groups in total. The first-order chi connectivity index (χ1) is 13.9. The summed E-state index contributed by atoms with van der Waals surface area (Å²) in [6, 6.07) is 16.5. The smallest absolute Gasteiger partial charge is 0.344 e. The number of ether oxygens (including phenoxy) is 2. The predicted octanol–water partition coefficient (Wildman–Crippen LogP) is 3.56. The Hall–Kier alpha value is -3.33. The average molecular weight is 394 g/mol. The van der Waals surface area contributed by atoms with Crippen molar-refractivity contribution in [3.63, 3.8) is 0 Å². The number of nitrogens with zero attached hydrogens (tertiary/aromatic N) is 1. The third-order valence-corrected chi connectivity index (χ3v) is 4.22. The van der Waals surface area contributed by atoms with Crippen molar-refractivity contribution in [2.75, 3.05) is 13.2 Å². The molecule has 1 atom stereocenters. The molecule has 2 rings (SSSR count). The van der Waals surface area contributed by atoms with E-state index in [9.17, 15) is 9.59 Å². The third-order valence-electron chi connectivity index (χ3n) is 4.22. The van der Waals surface area contributed by atoms with Crippen molar-refractivity contribution in [3.8, 4) is 11.8 Å². The van der Waals surface area contributed by atoms with E-state index in [1.807, 2.05) is 25.1 Å². The second kappa shape index (κ2) is 10.9. The molecule has 0 aliphatic carbocycles. The van der Waals surface area contributed by atoms with Gasteiger partial charge in [0.25, 0.3) is 5.91 Å². The monoisotopic (exact) mass is 394 g/mol. The maximum atomic E-state index is 12.0. The molecule has 0 heterocycles. The molecular formula is C23H26N2O4. The number of hydrogen-bond donors (Lipinski definition) is 1. The number of nitrogens with one attached hydrogen (secondary N) is 1. The van der Waals surface area contributed by atoms with E-state index in [2.05, 4.69) is 31.3 Å². The van der Waals surface area contributed by atoms with E-state index < -0.39 is 18.5 Å². The SMILES string of the molecule is CC(C)Cc1ccc([C@H](C)NC(=O)COC(=O)COc2ccccc2C#N)cc1. The molecule has 2 aromatic carbocycles. The van der Waals surface area contributed by atoms with Crippen molar-refractivity contribution in [2.24, 2.45) is 5.92 Å². The van der Waals surface area contributed by atoms with Gasteiger partial charge < -0.3 is 14.8 Å². The first kappa shape index (κ1) is 22.0. The summed E-state index contributed by atoms with van der Waals surface area (Å²) < 4.78 is 10.2. The van der Waals surface area contributed by atoms with Crippen LogP contribution in [0.1, 0.15) is 43.5 Å². The van der Waals surface area contributed by atoms with E-state index in [0.29, 0.717) is 17.2 Å². The fourth-order valence-corrected chi connectivity index (χ4v) is 2.79. The standard InChI is InChI=1S/C23H26N2O4/c1-16(2)12-18-8-10-19(11-9-18)17(3)25-22(26)14-29-23(27)15-28-21-7-5-4-6-20(21)13-24/h4-11,16-17H,12,14-15H2,1-3H3,(H,25,26)/t17-/m0/s1. The number of nitriles is 1. The lowest BCUT2D eigenvalue weighted by molar-refractivity contribution is -0.150. The Bertz CT molecular complexity index is 869. The van der Waals surface area contributed by atoms with Gasteiger partial charge in [0.05, 0.1) is 11.6 Å². The van der Waals surface area contributed by atoms with Crippen LogP contribution in [0.3, 0.4) is 0 Å². The first-order valence-electron chi connectivity index (χ1n) is 9.54. The van der Waals surface area contributed by atoms with Gasteiger partial charge in [-0.1, -0.05) is 50.2 Å². The molecular weight excluding hydrogens is 368 g/mol. The molecule has 0 saturated carbocycles. The summed E-state index contributed by atoms with van der Waals surface area (Å²) in [4.78, 5) is 23.8. The molecule has 0 radical (unpaired) electrons. The van der Waals surface area contributed by atoms with Gasteiger partial charge in [-0.2, -0.15) is 5.26 Å². The van der Waals surface area contributed by atoms with Crippen molar-refractivity contribution in [1.29, 1.82) is 5.26 Å². The van der Waals surface area contributed by atoms with Gasteiger partial charge in [-0.05, 0) is 42.5 Å². The largest absolute Gasteiger partial charge is 0.481 e. The summed E-state index contributed by atoms with van der Waals surface area (Å²) in [7, 11) is 0. The number of amides is 1. The third kappa shape index (κ3) is 7.30. The molecule has 6 heteroatoms. The van der Waals surface area contributed by atoms with Gasteiger partial charge in [-0.25, -0.2) is 4.79 Å². The fraction of sp³-hybridized carbons (Fsp3) is 0.348. The fourth-order valence-electron chi connectivity index (χ4n) is 2.79. The van der Waals surface area contributed by atoms with Gasteiger partial charge >= 0.3 is 5.97 Å². The molecule has 29 heavy (non-hydrogen) atoms. The highest BCUT2D eigenvalue weighted by Gasteiger charge is 2.13. The van der Waals surface area contributed by atoms with Gasteiger partial charge in [-0.3, -0.25) is 4.79 Å². The zero-order valence-corrected chi connectivity index (χ0v) is 17.0. The summed E-state index contributed by atoms with van der Waals surface area (Å²) in [5.41, 5.74) is 2.56. The Balaban J connectivity index is 1.75. The van der Waals surface area contributed by atoms with Crippen molar-refractivity contribution in [2.45, 2.75) is 33.2 Å². The highest BCUT2D eigenvalue weighted by Crippen LogP contribution is 2.17. The predicted molar refractivity (Wildman–Crippen MR) is 109 cm³/mol. The van der Waals surface area contributed by atoms with Crippen molar-refractivity contribution < 1.29 is 19.1 Å². The molecule has 0 spiro atoms. The van der Waals surface area contributed by atoms with Crippen LogP contribution in [0.2, 0.25) is 0 Å². The molecule has 6 nitrogen and oxygen atoms in total. The molecule has 0 aliphatic heterocycles. The van der Waals surface area contributed by atoms with Crippen LogP contribution < -0.4 is 10.1 Å². The molecule has 0 fully saturated rings. The highest BCUT2D eigenvalue weighted by molar-refractivity contribution is 5.81. The highest BCUT2D eigenvalue weighted by atomic mass is 16.6. The van der Waals surface area contributed by atoms with E-state index in [-0.39, 0.29) is 12.6 Å². The maximum Gasteiger partial charge on any atom is 0.344 e. The number of benzene rings is 2. The van der Waals surface area contributed by atoms with Crippen LogP contribution in [0.15, 0.2) is 48.5 Å². The Morgan fingerprint density at radius 2 is 1.72 bits per heavy atom. The summed E-state index contributed by atoms with van der Waals surface area (Å²) in [6.45, 7) is 5.45. The lowest BCUT2D eigenvalue weighted by Crippen LogP contribution is -2.32. The second-order valence-electron chi connectivity index (χ2n) is 7.19. The van der Waals surface area contributed by atoms with Gasteiger partial charge in [0.15, 0.2) is 13.2 Å². The summed E-state index contributed by atoms with van der Waals surface area (Å²) in [6.07, 6.45) is 1.01. The summed E-state index contributed by atoms with van der Waals surface area (Å²) in [5.74, 6) is -0.191. The topological polar surface area (TPSA) is 88.4 Å². The number of rotatable bonds is 9. The zero-order chi connectivity index (χ0) is 21.2. The van der Waals surface area contributed by atoms with Crippen LogP contribution in [0.4, 0.5) is 0 Å². The van der Waals surface area contributed by atoms with E-state index in [4.69, 9.17) is 14.7 Å². The molecule has 0 saturated heterocycles. The molecule has 0 aromatic heterocycles. The number of para-hydroxylation sites is 1. The summed E-state index contributed by atoms with van der Waals surface area (Å²) >= 11 is 0. The van der Waals surface area contributed by atoms with Crippen LogP contribution in [0, 0.1) is 17.2 Å². The minimum Gasteiger partial charge on any atom is -0.481 e. The lowest BCUT2D eigenvalue weighted by Gasteiger charge is -2.15. The Kier molecular flexibility index (Phi) is 8.23. The lowest BCUT2D eigenvalue weighted by atomic mass is 10.00. The van der Waals surface area contributed by atoms with Crippen molar-refractivity contribution >= 4 is 11.9 Å². The van der Waals surface area contributed by atoms with Gasteiger partial charge in [-0.15, -0.1) is 0 Å². The van der Waals surface area contributed by atoms with Crippen molar-refractivity contribution in [1.82, 2.24) is 5.32 Å². The number of carbonyl (C=O) groups excluding carboxylic acids is 2. The first-order valence-corrected chi connectivity index (χ1v) is 9.54. The van der Waals surface area contributed by atoms with Crippen LogP contribution in [0.5, 0.6) is 5.75 Å². The molecule has 2 aromatic rings. The van der Waals surface area contributed by atoms with E-state index in [1.165, 1.54) is 5.56 Å². The van der Waals surface area contributed by atoms with Gasteiger partial charge in [0.2, 0.25) is 0 Å². The van der Waals surface area contributed by atoms with E-state index >= 15 is 0 Å². The number of esters is 1. The molecule has 0 aliphatic rings. The van der Waals surface area contributed by atoms with Crippen molar-refractivity contribution in [3.05, 3.63) is 65.2 Å². The molecule has 0 bridgehead atoms. The quantitative estimate of drug-likeness (QED) is 0.657. The Morgan fingerprint density at radius 3 is 2.38 bits per heavy atom. The average Bonchev–Trinajstić information content (AvgIpc) is 2.71. The zero-order valence-electron chi connectivity index (χ0n) is 17.0. The molecule has 152 valence electrons. The molecule has 0 unspecified atom stereocenters. The van der Waals surface area contributed by atoms with E-state index in [0.717, 1.165) is 12.0 Å². The maximum absolute atomic E-state index is 12.0. The second-order valence-corrected chi connectivity index (χ2v) is 7.19. The van der Waals surface area contributed by atoms with Gasteiger partial charge in [0.1, 0.15) is 11.8 Å². The minimum atomic E-state index is -0.682. The van der Waals surface area contributed by atoms with Crippen LogP contribution in [-0.2, 0) is 20.7 Å². The van der Waals surface area contributed by atoms with Gasteiger partial charge in [0, 0.05) is 0 Å². The molecule has 1 amide bonds. The minimum absolute atomic E-state index is 0.201. The van der Waals surface area contributed by atoms with E-state index in [1.54, 1.807) is 24.3 Å². The van der Waals surface area contributed by atoms with Crippen LogP contribution >= 0.6 is 0 Å². The Morgan fingerprint density at radius 1 is 1.03 bits per heavy atom. The Labute approximate surface area is 171 Å².